The van der Waals surface area contributed by atoms with Gasteiger partial charge in [-0.25, -0.2) is 0 Å². The number of anilines is 1. The van der Waals surface area contributed by atoms with Crippen LogP contribution in [0.15, 0.2) is 72.8 Å². The number of nitrogens with one attached hydrogen (secondary N) is 2. The molecule has 2 N–H and O–H groups in total. The van der Waals surface area contributed by atoms with Crippen molar-refractivity contribution < 1.29 is 28.7 Å². The number of amides is 2. The van der Waals surface area contributed by atoms with E-state index in [1.54, 1.807) is 24.3 Å². The van der Waals surface area contributed by atoms with Crippen LogP contribution in [0.1, 0.15) is 43.8 Å². The van der Waals surface area contributed by atoms with E-state index in [1.165, 1.54) is 18.2 Å². The molecule has 0 aromatic heterocycles. The van der Waals surface area contributed by atoms with Crippen molar-refractivity contribution in [2.75, 3.05) is 18.5 Å². The van der Waals surface area contributed by atoms with Crippen LogP contribution in [0.4, 0.5) is 5.69 Å². The number of rotatable bonds is 8. The summed E-state index contributed by atoms with van der Waals surface area (Å²) in [7, 11) is 0. The monoisotopic (exact) mass is 470 g/mol. The molecule has 176 valence electrons. The molecule has 35 heavy (non-hydrogen) atoms. The molecule has 0 spiro atoms. The van der Waals surface area contributed by atoms with Crippen molar-refractivity contribution >= 4 is 35.0 Å². The second-order valence-electron chi connectivity index (χ2n) is 7.94. The van der Waals surface area contributed by atoms with Crippen molar-refractivity contribution in [3.63, 3.8) is 0 Å². The number of fused-ring (bicyclic) bond motifs is 2. The number of esters is 1. The van der Waals surface area contributed by atoms with Gasteiger partial charge in [-0.1, -0.05) is 54.6 Å². The molecule has 8 heteroatoms. The average molecular weight is 470 g/mol. The molecule has 0 radical (unpaired) electrons. The SMILES string of the molecule is O=C(Cc1ccccc1)NCCC(=O)OCC(=O)Nc1ccc2c(c1)C(=O)c1ccccc1C2=O. The first-order chi connectivity index (χ1) is 16.9. The van der Waals surface area contributed by atoms with Crippen LogP contribution >= 0.6 is 0 Å². The summed E-state index contributed by atoms with van der Waals surface area (Å²) in [6.45, 7) is -0.432. The number of hydrogen-bond acceptors (Lipinski definition) is 6. The van der Waals surface area contributed by atoms with Gasteiger partial charge in [0, 0.05) is 34.5 Å². The highest BCUT2D eigenvalue weighted by molar-refractivity contribution is 6.28. The van der Waals surface area contributed by atoms with Crippen LogP contribution < -0.4 is 10.6 Å². The Balaban J connectivity index is 1.24. The highest BCUT2D eigenvalue weighted by atomic mass is 16.5. The van der Waals surface area contributed by atoms with Gasteiger partial charge in [0.05, 0.1) is 12.8 Å². The fourth-order valence-corrected chi connectivity index (χ4v) is 3.74. The maximum absolute atomic E-state index is 12.8. The fourth-order valence-electron chi connectivity index (χ4n) is 3.74. The lowest BCUT2D eigenvalue weighted by Gasteiger charge is -2.18. The molecule has 1 aliphatic rings. The van der Waals surface area contributed by atoms with E-state index < -0.39 is 18.5 Å². The molecule has 0 saturated carbocycles. The van der Waals surface area contributed by atoms with Gasteiger partial charge in [-0.2, -0.15) is 0 Å². The van der Waals surface area contributed by atoms with E-state index in [2.05, 4.69) is 10.6 Å². The van der Waals surface area contributed by atoms with E-state index in [4.69, 9.17) is 4.74 Å². The van der Waals surface area contributed by atoms with Crippen LogP contribution in [0, 0.1) is 0 Å². The standard InChI is InChI=1S/C27H22N2O6/c30-23(14-17-6-2-1-3-7-17)28-13-12-25(32)35-16-24(31)29-18-10-11-21-22(15-18)27(34)20-9-5-4-8-19(20)26(21)33/h1-11,15H,12-14,16H2,(H,28,30)(H,29,31). The maximum Gasteiger partial charge on any atom is 0.308 e. The van der Waals surface area contributed by atoms with Gasteiger partial charge in [0.1, 0.15) is 0 Å². The lowest BCUT2D eigenvalue weighted by Crippen LogP contribution is -2.28. The normalized spacial score (nSPS) is 11.8. The molecule has 0 saturated heterocycles. The highest BCUT2D eigenvalue weighted by Gasteiger charge is 2.29. The Hall–Kier alpha value is -4.59. The molecule has 3 aromatic carbocycles. The molecule has 0 atom stereocenters. The summed E-state index contributed by atoms with van der Waals surface area (Å²) in [5.74, 6) is -2.00. The van der Waals surface area contributed by atoms with Crippen molar-refractivity contribution in [3.8, 4) is 0 Å². The number of carbonyl (C=O) groups is 5. The molecule has 2 amide bonds. The predicted molar refractivity (Wildman–Crippen MR) is 127 cm³/mol. The van der Waals surface area contributed by atoms with Crippen LogP contribution in [-0.4, -0.2) is 42.5 Å². The van der Waals surface area contributed by atoms with E-state index in [0.717, 1.165) is 5.56 Å². The van der Waals surface area contributed by atoms with E-state index in [9.17, 15) is 24.0 Å². The van der Waals surface area contributed by atoms with Gasteiger partial charge in [-0.05, 0) is 23.8 Å². The molecule has 8 nitrogen and oxygen atoms in total. The van der Waals surface area contributed by atoms with Crippen molar-refractivity contribution in [2.45, 2.75) is 12.8 Å². The zero-order valence-electron chi connectivity index (χ0n) is 18.7. The maximum atomic E-state index is 12.8. The Kier molecular flexibility index (Phi) is 7.11. The topological polar surface area (TPSA) is 119 Å². The molecule has 4 rings (SSSR count). The van der Waals surface area contributed by atoms with Crippen LogP contribution in [0.5, 0.6) is 0 Å². The fraction of sp³-hybridized carbons (Fsp3) is 0.148. The molecule has 0 fully saturated rings. The van der Waals surface area contributed by atoms with E-state index in [-0.39, 0.29) is 48.0 Å². The Morgan fingerprint density at radius 2 is 1.34 bits per heavy atom. The van der Waals surface area contributed by atoms with Gasteiger partial charge in [0.2, 0.25) is 5.91 Å². The van der Waals surface area contributed by atoms with Gasteiger partial charge in [-0.3, -0.25) is 24.0 Å². The summed E-state index contributed by atoms with van der Waals surface area (Å²) in [5.41, 5.74) is 2.31. The Labute approximate surface area is 201 Å². The Morgan fingerprint density at radius 3 is 2.06 bits per heavy atom. The van der Waals surface area contributed by atoms with Crippen molar-refractivity contribution in [1.82, 2.24) is 5.32 Å². The number of ketones is 2. The third-order valence-electron chi connectivity index (χ3n) is 5.43. The number of hydrogen-bond donors (Lipinski definition) is 2. The zero-order chi connectivity index (χ0) is 24.8. The van der Waals surface area contributed by atoms with Gasteiger partial charge in [-0.15, -0.1) is 0 Å². The van der Waals surface area contributed by atoms with Crippen molar-refractivity contribution in [3.05, 3.63) is 101 Å². The predicted octanol–water partition coefficient (Wildman–Crippen LogP) is 2.69. The molecule has 3 aromatic rings. The first-order valence-electron chi connectivity index (χ1n) is 11.0. The molecular weight excluding hydrogens is 448 g/mol. The summed E-state index contributed by atoms with van der Waals surface area (Å²) in [6, 6.07) is 20.2. The first-order valence-corrected chi connectivity index (χ1v) is 11.0. The van der Waals surface area contributed by atoms with Crippen LogP contribution in [0.3, 0.4) is 0 Å². The highest BCUT2D eigenvalue weighted by Crippen LogP contribution is 2.29. The van der Waals surface area contributed by atoms with Crippen LogP contribution in [-0.2, 0) is 25.5 Å². The average Bonchev–Trinajstić information content (AvgIpc) is 2.86. The first kappa shape index (κ1) is 23.6. The molecule has 0 unspecified atom stereocenters. The third-order valence-corrected chi connectivity index (χ3v) is 5.43. The zero-order valence-corrected chi connectivity index (χ0v) is 18.7. The van der Waals surface area contributed by atoms with Crippen molar-refractivity contribution in [2.24, 2.45) is 0 Å². The second kappa shape index (κ2) is 10.6. The van der Waals surface area contributed by atoms with Crippen LogP contribution in [0.25, 0.3) is 0 Å². The molecule has 1 aliphatic carbocycles. The molecule has 0 bridgehead atoms. The largest absolute Gasteiger partial charge is 0.456 e. The lowest BCUT2D eigenvalue weighted by molar-refractivity contribution is -0.147. The number of ether oxygens (including phenoxy) is 1. The van der Waals surface area contributed by atoms with E-state index >= 15 is 0 Å². The van der Waals surface area contributed by atoms with Crippen molar-refractivity contribution in [1.29, 1.82) is 0 Å². The molecular formula is C27H22N2O6. The Bertz CT molecular complexity index is 1320. The van der Waals surface area contributed by atoms with E-state index in [1.807, 2.05) is 30.3 Å². The minimum Gasteiger partial charge on any atom is -0.456 e. The summed E-state index contributed by atoms with van der Waals surface area (Å²) >= 11 is 0. The van der Waals surface area contributed by atoms with Gasteiger partial charge in [0.15, 0.2) is 18.2 Å². The Morgan fingerprint density at radius 1 is 0.714 bits per heavy atom. The van der Waals surface area contributed by atoms with E-state index in [0.29, 0.717) is 16.8 Å². The summed E-state index contributed by atoms with van der Waals surface area (Å²) in [5, 5.41) is 5.19. The number of benzene rings is 3. The van der Waals surface area contributed by atoms with Gasteiger partial charge < -0.3 is 15.4 Å². The summed E-state index contributed by atoms with van der Waals surface area (Å²) < 4.78 is 4.95. The van der Waals surface area contributed by atoms with Crippen LogP contribution in [0.2, 0.25) is 0 Å². The minimum absolute atomic E-state index is 0.0807. The lowest BCUT2D eigenvalue weighted by atomic mass is 9.84. The van der Waals surface area contributed by atoms with Gasteiger partial charge >= 0.3 is 5.97 Å². The smallest absolute Gasteiger partial charge is 0.308 e. The summed E-state index contributed by atoms with van der Waals surface area (Å²) in [4.78, 5) is 61.5. The number of carbonyl (C=O) groups excluding carboxylic acids is 5. The minimum atomic E-state index is -0.636. The molecule has 0 heterocycles. The summed E-state index contributed by atoms with van der Waals surface area (Å²) in [6.07, 6.45) is 0.126. The third kappa shape index (κ3) is 5.67. The second-order valence-corrected chi connectivity index (χ2v) is 7.94. The molecule has 0 aliphatic heterocycles. The quantitative estimate of drug-likeness (QED) is 0.382. The van der Waals surface area contributed by atoms with Gasteiger partial charge in [0.25, 0.3) is 5.91 Å².